The van der Waals surface area contributed by atoms with Crippen LogP contribution in [0.1, 0.15) is 22.0 Å². The van der Waals surface area contributed by atoms with Crippen LogP contribution >= 0.6 is 11.6 Å². The monoisotopic (exact) mass is 381 g/mol. The molecule has 1 atom stereocenters. The van der Waals surface area contributed by atoms with E-state index in [0.29, 0.717) is 29.5 Å². The second kappa shape index (κ2) is 7.50. The van der Waals surface area contributed by atoms with Gasteiger partial charge in [-0.2, -0.15) is 5.10 Å². The zero-order valence-electron chi connectivity index (χ0n) is 15.0. The Morgan fingerprint density at radius 3 is 2.67 bits per heavy atom. The molecule has 2 aromatic carbocycles. The first-order valence-electron chi connectivity index (χ1n) is 8.85. The van der Waals surface area contributed by atoms with E-state index in [1.807, 2.05) is 60.5 Å². The largest absolute Gasteiger partial charge is 0.329 e. The molecule has 1 saturated heterocycles. The number of hydrogen-bond acceptors (Lipinski definition) is 4. The Morgan fingerprint density at radius 2 is 1.96 bits per heavy atom. The first-order valence-corrected chi connectivity index (χ1v) is 9.23. The SMILES string of the molecule is Cn1cnc(-c2ccc(C(=O)N3CCNCC3c3ccccc3Cl)cc2)n1. The van der Waals surface area contributed by atoms with Crippen molar-refractivity contribution in [3.63, 3.8) is 0 Å². The molecular weight excluding hydrogens is 362 g/mol. The van der Waals surface area contributed by atoms with Gasteiger partial charge in [-0.15, -0.1) is 0 Å². The minimum absolute atomic E-state index is 0.00181. The molecule has 0 saturated carbocycles. The molecule has 1 N–H and O–H groups in total. The third-order valence-corrected chi connectivity index (χ3v) is 5.10. The van der Waals surface area contributed by atoms with Crippen molar-refractivity contribution in [1.29, 1.82) is 0 Å². The maximum Gasteiger partial charge on any atom is 0.254 e. The van der Waals surface area contributed by atoms with Gasteiger partial charge >= 0.3 is 0 Å². The smallest absolute Gasteiger partial charge is 0.254 e. The van der Waals surface area contributed by atoms with Crippen molar-refractivity contribution in [2.45, 2.75) is 6.04 Å². The first-order chi connectivity index (χ1) is 13.1. The van der Waals surface area contributed by atoms with Gasteiger partial charge in [0.25, 0.3) is 5.91 Å². The Bertz CT molecular complexity index is 953. The van der Waals surface area contributed by atoms with Gasteiger partial charge in [0.05, 0.1) is 6.04 Å². The number of hydrogen-bond donors (Lipinski definition) is 1. The van der Waals surface area contributed by atoms with Gasteiger partial charge in [0.1, 0.15) is 6.33 Å². The Labute approximate surface area is 162 Å². The summed E-state index contributed by atoms with van der Waals surface area (Å²) in [5.74, 6) is 0.648. The summed E-state index contributed by atoms with van der Waals surface area (Å²) in [4.78, 5) is 19.3. The molecule has 3 aromatic rings. The van der Waals surface area contributed by atoms with E-state index < -0.39 is 0 Å². The normalized spacial score (nSPS) is 17.1. The van der Waals surface area contributed by atoms with E-state index >= 15 is 0 Å². The molecule has 0 bridgehead atoms. The number of piperazine rings is 1. The summed E-state index contributed by atoms with van der Waals surface area (Å²) in [6, 6.07) is 15.0. The predicted molar refractivity (Wildman–Crippen MR) is 105 cm³/mol. The third-order valence-electron chi connectivity index (χ3n) is 4.76. The topological polar surface area (TPSA) is 63.1 Å². The van der Waals surface area contributed by atoms with E-state index in [-0.39, 0.29) is 11.9 Å². The number of rotatable bonds is 3. The highest BCUT2D eigenvalue weighted by atomic mass is 35.5. The van der Waals surface area contributed by atoms with Crippen LogP contribution in [0, 0.1) is 0 Å². The van der Waals surface area contributed by atoms with Crippen LogP contribution in [0.2, 0.25) is 5.02 Å². The number of halogens is 1. The summed E-state index contributed by atoms with van der Waals surface area (Å²) in [7, 11) is 1.83. The molecule has 1 aliphatic heterocycles. The fourth-order valence-corrected chi connectivity index (χ4v) is 3.63. The second-order valence-corrected chi connectivity index (χ2v) is 6.97. The summed E-state index contributed by atoms with van der Waals surface area (Å²) in [6.07, 6.45) is 1.66. The lowest BCUT2D eigenvalue weighted by Crippen LogP contribution is -2.48. The summed E-state index contributed by atoms with van der Waals surface area (Å²) < 4.78 is 1.66. The number of carbonyl (C=O) groups excluding carboxylic acids is 1. The summed E-state index contributed by atoms with van der Waals surface area (Å²) >= 11 is 6.38. The molecule has 1 unspecified atom stereocenters. The van der Waals surface area contributed by atoms with Crippen molar-refractivity contribution in [2.24, 2.45) is 7.05 Å². The molecule has 1 amide bonds. The quantitative estimate of drug-likeness (QED) is 0.757. The maximum atomic E-state index is 13.2. The van der Waals surface area contributed by atoms with Crippen molar-refractivity contribution in [2.75, 3.05) is 19.6 Å². The molecule has 7 heteroatoms. The average molecular weight is 382 g/mol. The standard InChI is InChI=1S/C20H20ClN5O/c1-25-13-23-19(24-25)14-6-8-15(9-7-14)20(27)26-11-10-22-12-18(26)16-4-2-3-5-17(16)21/h2-9,13,18,22H,10-12H2,1H3. The van der Waals surface area contributed by atoms with E-state index in [1.165, 1.54) is 0 Å². The summed E-state index contributed by atoms with van der Waals surface area (Å²) in [5.41, 5.74) is 2.50. The van der Waals surface area contributed by atoms with Crippen LogP contribution in [0.3, 0.4) is 0 Å². The van der Waals surface area contributed by atoms with Gasteiger partial charge in [-0.25, -0.2) is 4.98 Å². The van der Waals surface area contributed by atoms with Crippen LogP contribution in [0.4, 0.5) is 0 Å². The highest BCUT2D eigenvalue weighted by Crippen LogP contribution is 2.29. The van der Waals surface area contributed by atoms with E-state index in [0.717, 1.165) is 17.7 Å². The number of nitrogens with one attached hydrogen (secondary N) is 1. The predicted octanol–water partition coefficient (Wildman–Crippen LogP) is 2.92. The molecule has 27 heavy (non-hydrogen) atoms. The van der Waals surface area contributed by atoms with Gasteiger partial charge in [-0.1, -0.05) is 41.9 Å². The van der Waals surface area contributed by atoms with Gasteiger partial charge in [0.2, 0.25) is 0 Å². The lowest BCUT2D eigenvalue weighted by atomic mass is 10.0. The van der Waals surface area contributed by atoms with Crippen molar-refractivity contribution >= 4 is 17.5 Å². The third kappa shape index (κ3) is 3.59. The van der Waals surface area contributed by atoms with E-state index in [2.05, 4.69) is 15.4 Å². The Hall–Kier alpha value is -2.70. The van der Waals surface area contributed by atoms with E-state index in [1.54, 1.807) is 11.0 Å². The fraction of sp³-hybridized carbons (Fsp3) is 0.250. The van der Waals surface area contributed by atoms with Gasteiger partial charge in [0, 0.05) is 42.8 Å². The number of nitrogens with zero attached hydrogens (tertiary/aromatic N) is 4. The number of benzene rings is 2. The zero-order valence-corrected chi connectivity index (χ0v) is 15.7. The van der Waals surface area contributed by atoms with Crippen molar-refractivity contribution in [3.05, 3.63) is 71.0 Å². The molecule has 0 radical (unpaired) electrons. The minimum Gasteiger partial charge on any atom is -0.329 e. The van der Waals surface area contributed by atoms with Crippen molar-refractivity contribution in [3.8, 4) is 11.4 Å². The van der Waals surface area contributed by atoms with Crippen molar-refractivity contribution < 1.29 is 4.79 Å². The molecule has 1 aliphatic rings. The fourth-order valence-electron chi connectivity index (χ4n) is 3.37. The minimum atomic E-state index is -0.0860. The summed E-state index contributed by atoms with van der Waals surface area (Å²) in [6.45, 7) is 2.09. The molecule has 0 spiro atoms. The van der Waals surface area contributed by atoms with Gasteiger partial charge in [0.15, 0.2) is 5.82 Å². The van der Waals surface area contributed by atoms with Crippen LogP contribution in [-0.4, -0.2) is 45.2 Å². The van der Waals surface area contributed by atoms with Crippen LogP contribution < -0.4 is 5.32 Å². The Kier molecular flexibility index (Phi) is 4.92. The number of aromatic nitrogens is 3. The van der Waals surface area contributed by atoms with Crippen LogP contribution in [0.25, 0.3) is 11.4 Å². The Balaban J connectivity index is 1.59. The lowest BCUT2D eigenvalue weighted by molar-refractivity contribution is 0.0634. The molecule has 0 aliphatic carbocycles. The number of aryl methyl sites for hydroxylation is 1. The van der Waals surface area contributed by atoms with Gasteiger partial charge in [-0.3, -0.25) is 9.48 Å². The molecule has 6 nitrogen and oxygen atoms in total. The average Bonchev–Trinajstić information content (AvgIpc) is 3.14. The Morgan fingerprint density at radius 1 is 1.19 bits per heavy atom. The van der Waals surface area contributed by atoms with Gasteiger partial charge < -0.3 is 10.2 Å². The van der Waals surface area contributed by atoms with Crippen LogP contribution in [0.5, 0.6) is 0 Å². The first kappa shape index (κ1) is 17.7. The number of amides is 1. The van der Waals surface area contributed by atoms with E-state index in [9.17, 15) is 4.79 Å². The molecule has 138 valence electrons. The lowest BCUT2D eigenvalue weighted by Gasteiger charge is -2.37. The van der Waals surface area contributed by atoms with Crippen LogP contribution in [0.15, 0.2) is 54.9 Å². The number of carbonyl (C=O) groups is 1. The molecule has 1 aromatic heterocycles. The van der Waals surface area contributed by atoms with Crippen LogP contribution in [-0.2, 0) is 7.05 Å². The molecule has 2 heterocycles. The highest BCUT2D eigenvalue weighted by molar-refractivity contribution is 6.31. The maximum absolute atomic E-state index is 13.2. The van der Waals surface area contributed by atoms with E-state index in [4.69, 9.17) is 11.6 Å². The molecular formula is C20H20ClN5O. The summed E-state index contributed by atoms with van der Waals surface area (Å²) in [5, 5.41) is 8.33. The van der Waals surface area contributed by atoms with Gasteiger partial charge in [-0.05, 0) is 23.8 Å². The second-order valence-electron chi connectivity index (χ2n) is 6.56. The molecule has 4 rings (SSSR count). The van der Waals surface area contributed by atoms with Crippen molar-refractivity contribution in [1.82, 2.24) is 25.0 Å². The highest BCUT2D eigenvalue weighted by Gasteiger charge is 2.29. The zero-order chi connectivity index (χ0) is 18.8. The molecule has 1 fully saturated rings.